The van der Waals surface area contributed by atoms with E-state index in [1.807, 2.05) is 30.3 Å². The van der Waals surface area contributed by atoms with Crippen LogP contribution in [0.5, 0.6) is 0 Å². The maximum Gasteiger partial charge on any atom is 0.416 e. The fraction of sp³-hybridized carbons (Fsp3) is 0.0870. The zero-order valence-corrected chi connectivity index (χ0v) is 16.3. The molecule has 0 fully saturated rings. The van der Waals surface area contributed by atoms with Gasteiger partial charge in [-0.1, -0.05) is 54.1 Å². The van der Waals surface area contributed by atoms with Gasteiger partial charge in [-0.25, -0.2) is 4.98 Å². The van der Waals surface area contributed by atoms with E-state index in [4.69, 9.17) is 11.6 Å². The van der Waals surface area contributed by atoms with Crippen molar-refractivity contribution in [3.63, 3.8) is 0 Å². The number of aliphatic hydroxyl groups excluding tert-OH is 1. The molecule has 4 aromatic rings. The van der Waals surface area contributed by atoms with Crippen LogP contribution < -0.4 is 0 Å². The second-order valence-corrected chi connectivity index (χ2v) is 7.15. The third kappa shape index (κ3) is 4.10. The predicted molar refractivity (Wildman–Crippen MR) is 113 cm³/mol. The van der Waals surface area contributed by atoms with E-state index >= 15 is 0 Å². The summed E-state index contributed by atoms with van der Waals surface area (Å²) in [5.41, 5.74) is 3.71. The van der Waals surface area contributed by atoms with Gasteiger partial charge in [-0.2, -0.15) is 13.2 Å². The number of aliphatic hydroxyl groups is 1. The Morgan fingerprint density at radius 2 is 1.70 bits per heavy atom. The van der Waals surface area contributed by atoms with E-state index < -0.39 is 11.7 Å². The second kappa shape index (κ2) is 7.97. The molecular weight excluding hydrogens is 413 g/mol. The molecule has 152 valence electrons. The predicted octanol–water partition coefficient (Wildman–Crippen LogP) is 6.56. The number of aromatic amines is 1. The monoisotopic (exact) mass is 428 g/mol. The largest absolute Gasteiger partial charge is 0.416 e. The molecule has 30 heavy (non-hydrogen) atoms. The zero-order valence-electron chi connectivity index (χ0n) is 15.5. The van der Waals surface area contributed by atoms with Crippen LogP contribution in [0.2, 0.25) is 5.02 Å². The minimum atomic E-state index is -4.35. The van der Waals surface area contributed by atoms with Gasteiger partial charge in [0, 0.05) is 5.56 Å². The summed E-state index contributed by atoms with van der Waals surface area (Å²) in [6.45, 7) is -0.105. The van der Waals surface area contributed by atoms with E-state index in [0.717, 1.165) is 34.3 Å². The number of nitrogens with zero attached hydrogens (tertiary/aromatic N) is 1. The van der Waals surface area contributed by atoms with Crippen molar-refractivity contribution in [3.8, 4) is 11.1 Å². The number of fused-ring (bicyclic) bond motifs is 1. The first-order valence-electron chi connectivity index (χ1n) is 9.09. The molecule has 0 atom stereocenters. The second-order valence-electron chi connectivity index (χ2n) is 6.74. The Kier molecular flexibility index (Phi) is 5.37. The first-order valence-corrected chi connectivity index (χ1v) is 9.46. The van der Waals surface area contributed by atoms with Gasteiger partial charge in [0.2, 0.25) is 0 Å². The maximum atomic E-state index is 12.7. The lowest BCUT2D eigenvalue weighted by atomic mass is 9.99. The van der Waals surface area contributed by atoms with Crippen LogP contribution in [0.15, 0.2) is 60.7 Å². The average Bonchev–Trinajstić information content (AvgIpc) is 3.13. The van der Waals surface area contributed by atoms with Crippen LogP contribution in [-0.2, 0) is 12.8 Å². The highest BCUT2D eigenvalue weighted by atomic mass is 35.5. The fourth-order valence-electron chi connectivity index (χ4n) is 3.21. The van der Waals surface area contributed by atoms with Gasteiger partial charge in [0.05, 0.1) is 28.2 Å². The van der Waals surface area contributed by atoms with Crippen LogP contribution >= 0.6 is 11.6 Å². The maximum absolute atomic E-state index is 12.7. The van der Waals surface area contributed by atoms with Crippen molar-refractivity contribution in [1.29, 1.82) is 0 Å². The number of hydrogen-bond donors (Lipinski definition) is 2. The molecule has 7 heteroatoms. The van der Waals surface area contributed by atoms with Crippen molar-refractivity contribution >= 4 is 34.8 Å². The highest BCUT2D eigenvalue weighted by Crippen LogP contribution is 2.34. The Hall–Kier alpha value is -3.09. The number of imidazole rings is 1. The van der Waals surface area contributed by atoms with E-state index in [2.05, 4.69) is 9.97 Å². The fourth-order valence-corrected chi connectivity index (χ4v) is 3.48. The Labute approximate surface area is 175 Å². The summed E-state index contributed by atoms with van der Waals surface area (Å²) < 4.78 is 38.0. The van der Waals surface area contributed by atoms with E-state index in [1.165, 1.54) is 12.1 Å². The molecule has 0 amide bonds. The summed E-state index contributed by atoms with van der Waals surface area (Å²) >= 11 is 6.46. The van der Waals surface area contributed by atoms with E-state index in [-0.39, 0.29) is 6.61 Å². The molecule has 0 aliphatic carbocycles. The number of rotatable bonds is 4. The average molecular weight is 429 g/mol. The number of benzene rings is 3. The quantitative estimate of drug-likeness (QED) is 0.386. The number of halogens is 4. The lowest BCUT2D eigenvalue weighted by Gasteiger charge is -2.09. The van der Waals surface area contributed by atoms with Gasteiger partial charge in [-0.15, -0.1) is 0 Å². The summed E-state index contributed by atoms with van der Waals surface area (Å²) in [7, 11) is 0. The first kappa shape index (κ1) is 20.2. The highest BCUT2D eigenvalue weighted by Gasteiger charge is 2.29. The van der Waals surface area contributed by atoms with E-state index in [0.29, 0.717) is 21.9 Å². The molecule has 0 radical (unpaired) electrons. The summed E-state index contributed by atoms with van der Waals surface area (Å²) in [4.78, 5) is 7.66. The molecule has 3 aromatic carbocycles. The third-order valence-electron chi connectivity index (χ3n) is 4.74. The van der Waals surface area contributed by atoms with Gasteiger partial charge in [0.25, 0.3) is 0 Å². The van der Waals surface area contributed by atoms with Gasteiger partial charge in [-0.05, 0) is 47.0 Å². The Morgan fingerprint density at radius 3 is 2.40 bits per heavy atom. The molecule has 0 saturated heterocycles. The summed E-state index contributed by atoms with van der Waals surface area (Å²) in [5.74, 6) is 0.550. The van der Waals surface area contributed by atoms with Crippen molar-refractivity contribution in [3.05, 3.63) is 88.2 Å². The van der Waals surface area contributed by atoms with Crippen LogP contribution in [0.4, 0.5) is 13.2 Å². The molecule has 3 nitrogen and oxygen atoms in total. The smallest absolute Gasteiger partial charge is 0.392 e. The van der Waals surface area contributed by atoms with Gasteiger partial charge in [0.1, 0.15) is 5.82 Å². The Bertz CT molecular complexity index is 1230. The van der Waals surface area contributed by atoms with Crippen molar-refractivity contribution < 1.29 is 18.3 Å². The molecule has 0 unspecified atom stereocenters. The molecule has 1 heterocycles. The summed E-state index contributed by atoms with van der Waals surface area (Å²) in [5, 5.41) is 10.1. The van der Waals surface area contributed by atoms with Gasteiger partial charge in [0.15, 0.2) is 0 Å². The van der Waals surface area contributed by atoms with Crippen molar-refractivity contribution in [2.45, 2.75) is 12.8 Å². The zero-order chi connectivity index (χ0) is 21.3. The molecule has 1 aromatic heterocycles. The van der Waals surface area contributed by atoms with Crippen molar-refractivity contribution in [2.24, 2.45) is 0 Å². The topological polar surface area (TPSA) is 48.9 Å². The van der Waals surface area contributed by atoms with Crippen molar-refractivity contribution in [2.75, 3.05) is 0 Å². The number of H-pyrrole nitrogens is 1. The molecule has 2 N–H and O–H groups in total. The standard InChI is InChI=1S/C23H16ClF3N2O/c24-19-12-21-20(11-18(19)17-4-2-1-3-15(17)13-30)28-22(29-21)10-7-14-5-8-16(9-6-14)23(25,26)27/h1-12,30H,13H2,(H,28,29). The van der Waals surface area contributed by atoms with Crippen LogP contribution in [0.1, 0.15) is 22.5 Å². The molecular formula is C23H16ClF3N2O. The number of hydrogen-bond acceptors (Lipinski definition) is 2. The third-order valence-corrected chi connectivity index (χ3v) is 5.05. The van der Waals surface area contributed by atoms with Gasteiger partial charge >= 0.3 is 6.18 Å². The van der Waals surface area contributed by atoms with Crippen LogP contribution in [0.3, 0.4) is 0 Å². The van der Waals surface area contributed by atoms with Gasteiger partial charge in [-0.3, -0.25) is 0 Å². The summed E-state index contributed by atoms with van der Waals surface area (Å²) in [6.07, 6.45) is -0.980. The lowest BCUT2D eigenvalue weighted by Crippen LogP contribution is -2.03. The SMILES string of the molecule is OCc1ccccc1-c1cc2nc(C=Cc3ccc(C(F)(F)F)cc3)[nH]c2cc1Cl. The Morgan fingerprint density at radius 1 is 0.967 bits per heavy atom. The van der Waals surface area contributed by atoms with Gasteiger partial charge < -0.3 is 10.1 Å². The lowest BCUT2D eigenvalue weighted by molar-refractivity contribution is -0.137. The normalized spacial score (nSPS) is 12.2. The molecule has 0 saturated carbocycles. The molecule has 4 rings (SSSR count). The number of nitrogens with one attached hydrogen (secondary N) is 1. The summed E-state index contributed by atoms with van der Waals surface area (Å²) in [6, 6.07) is 16.0. The highest BCUT2D eigenvalue weighted by molar-refractivity contribution is 6.34. The molecule has 0 spiro atoms. The van der Waals surface area contributed by atoms with Crippen molar-refractivity contribution in [1.82, 2.24) is 9.97 Å². The van der Waals surface area contributed by atoms with Crippen LogP contribution in [0.25, 0.3) is 34.3 Å². The number of alkyl halides is 3. The Balaban J connectivity index is 1.65. The first-order chi connectivity index (χ1) is 14.3. The molecule has 0 aliphatic rings. The molecule has 0 aliphatic heterocycles. The van der Waals surface area contributed by atoms with E-state index in [9.17, 15) is 18.3 Å². The number of aromatic nitrogens is 2. The van der Waals surface area contributed by atoms with Crippen LogP contribution in [-0.4, -0.2) is 15.1 Å². The minimum absolute atomic E-state index is 0.105. The van der Waals surface area contributed by atoms with E-state index in [1.54, 1.807) is 18.2 Å². The van der Waals surface area contributed by atoms with Crippen LogP contribution in [0, 0.1) is 0 Å². The molecule has 0 bridgehead atoms. The minimum Gasteiger partial charge on any atom is -0.392 e.